The van der Waals surface area contributed by atoms with Gasteiger partial charge in [-0.25, -0.2) is 9.97 Å². The van der Waals surface area contributed by atoms with E-state index in [9.17, 15) is 0 Å². The first kappa shape index (κ1) is 16.0. The van der Waals surface area contributed by atoms with Crippen molar-refractivity contribution in [1.29, 1.82) is 0 Å². The van der Waals surface area contributed by atoms with E-state index in [0.29, 0.717) is 18.5 Å². The van der Waals surface area contributed by atoms with Crippen molar-refractivity contribution < 1.29 is 4.74 Å². The van der Waals surface area contributed by atoms with E-state index in [1.165, 1.54) is 32.1 Å². The first-order valence-electron chi connectivity index (χ1n) is 8.08. The van der Waals surface area contributed by atoms with E-state index < -0.39 is 0 Å². The van der Waals surface area contributed by atoms with Gasteiger partial charge in [0.25, 0.3) is 0 Å². The Morgan fingerprint density at radius 2 is 1.95 bits per heavy atom. The SMILES string of the molecule is CCC(Nc1cc(NC)nc(COC)n1)C1CCCCC1. The van der Waals surface area contributed by atoms with Crippen molar-refractivity contribution in [3.8, 4) is 0 Å². The zero-order chi connectivity index (χ0) is 15.1. The van der Waals surface area contributed by atoms with Crippen LogP contribution < -0.4 is 10.6 Å². The Morgan fingerprint density at radius 3 is 2.57 bits per heavy atom. The van der Waals surface area contributed by atoms with Gasteiger partial charge < -0.3 is 15.4 Å². The molecule has 0 aliphatic heterocycles. The third-order valence-electron chi connectivity index (χ3n) is 4.29. The highest BCUT2D eigenvalue weighted by atomic mass is 16.5. The maximum Gasteiger partial charge on any atom is 0.158 e. The number of methoxy groups -OCH3 is 1. The lowest BCUT2D eigenvalue weighted by Crippen LogP contribution is -2.30. The minimum Gasteiger partial charge on any atom is -0.377 e. The number of anilines is 2. The Balaban J connectivity index is 2.09. The summed E-state index contributed by atoms with van der Waals surface area (Å²) in [4.78, 5) is 8.97. The molecule has 2 N–H and O–H groups in total. The Hall–Kier alpha value is -1.36. The molecule has 2 rings (SSSR count). The second kappa shape index (κ2) is 8.17. The Labute approximate surface area is 127 Å². The monoisotopic (exact) mass is 292 g/mol. The van der Waals surface area contributed by atoms with Crippen LogP contribution in [-0.2, 0) is 11.3 Å². The van der Waals surface area contributed by atoms with Gasteiger partial charge in [-0.15, -0.1) is 0 Å². The van der Waals surface area contributed by atoms with Crippen LogP contribution in [0.3, 0.4) is 0 Å². The van der Waals surface area contributed by atoms with Gasteiger partial charge in [0.15, 0.2) is 5.82 Å². The summed E-state index contributed by atoms with van der Waals surface area (Å²) in [6.45, 7) is 2.69. The van der Waals surface area contributed by atoms with Crippen molar-refractivity contribution in [3.63, 3.8) is 0 Å². The summed E-state index contributed by atoms with van der Waals surface area (Å²) in [7, 11) is 3.54. The van der Waals surface area contributed by atoms with E-state index in [1.807, 2.05) is 13.1 Å². The average Bonchev–Trinajstić information content (AvgIpc) is 2.53. The van der Waals surface area contributed by atoms with Crippen LogP contribution in [0.25, 0.3) is 0 Å². The van der Waals surface area contributed by atoms with E-state index in [4.69, 9.17) is 4.74 Å². The van der Waals surface area contributed by atoms with Gasteiger partial charge >= 0.3 is 0 Å². The summed E-state index contributed by atoms with van der Waals surface area (Å²) in [5.41, 5.74) is 0. The fourth-order valence-corrected chi connectivity index (χ4v) is 3.17. The maximum atomic E-state index is 5.15. The van der Waals surface area contributed by atoms with E-state index in [-0.39, 0.29) is 0 Å². The number of nitrogens with one attached hydrogen (secondary N) is 2. The summed E-state index contributed by atoms with van der Waals surface area (Å²) in [6, 6.07) is 2.48. The number of nitrogens with zero attached hydrogens (tertiary/aromatic N) is 2. The molecule has 5 nitrogen and oxygen atoms in total. The van der Waals surface area contributed by atoms with Gasteiger partial charge in [0.2, 0.25) is 0 Å². The molecule has 0 aromatic carbocycles. The molecule has 1 aromatic rings. The highest BCUT2D eigenvalue weighted by molar-refractivity contribution is 5.47. The predicted octanol–water partition coefficient (Wildman–Crippen LogP) is 3.44. The second-order valence-corrected chi connectivity index (χ2v) is 5.79. The van der Waals surface area contributed by atoms with Crippen LogP contribution in [0.1, 0.15) is 51.3 Å². The molecule has 1 aromatic heterocycles. The molecule has 5 heteroatoms. The molecule has 0 amide bonds. The minimum atomic E-state index is 0.435. The molecular weight excluding hydrogens is 264 g/mol. The number of aromatic nitrogens is 2. The molecule has 1 unspecified atom stereocenters. The van der Waals surface area contributed by atoms with Crippen LogP contribution in [0.2, 0.25) is 0 Å². The molecule has 1 aliphatic rings. The molecule has 1 saturated carbocycles. The highest BCUT2D eigenvalue weighted by Gasteiger charge is 2.22. The topological polar surface area (TPSA) is 59.1 Å². The van der Waals surface area contributed by atoms with E-state index in [1.54, 1.807) is 7.11 Å². The van der Waals surface area contributed by atoms with Crippen LogP contribution in [0.4, 0.5) is 11.6 Å². The Bertz CT molecular complexity index is 432. The molecule has 0 radical (unpaired) electrons. The number of ether oxygens (including phenoxy) is 1. The summed E-state index contributed by atoms with van der Waals surface area (Å²) >= 11 is 0. The molecule has 1 aliphatic carbocycles. The van der Waals surface area contributed by atoms with E-state index in [2.05, 4.69) is 27.5 Å². The first-order chi connectivity index (χ1) is 10.3. The lowest BCUT2D eigenvalue weighted by molar-refractivity contribution is 0.178. The summed E-state index contributed by atoms with van der Waals surface area (Å²) < 4.78 is 5.15. The maximum absolute atomic E-state index is 5.15. The van der Waals surface area contributed by atoms with Crippen LogP contribution in [0.5, 0.6) is 0 Å². The fraction of sp³-hybridized carbons (Fsp3) is 0.750. The van der Waals surface area contributed by atoms with Crippen molar-refractivity contribution in [2.75, 3.05) is 24.8 Å². The third kappa shape index (κ3) is 4.56. The third-order valence-corrected chi connectivity index (χ3v) is 4.29. The van der Waals surface area contributed by atoms with Crippen molar-refractivity contribution in [2.24, 2.45) is 5.92 Å². The molecule has 21 heavy (non-hydrogen) atoms. The molecule has 0 saturated heterocycles. The standard InChI is InChI=1S/C16H28N4O/c1-4-13(12-8-6-5-7-9-12)18-15-10-14(17-2)19-16(20-15)11-21-3/h10,12-13H,4-9,11H2,1-3H3,(H2,17,18,19,20). The van der Waals surface area contributed by atoms with Gasteiger partial charge in [-0.2, -0.15) is 0 Å². The molecule has 118 valence electrons. The van der Waals surface area contributed by atoms with Gasteiger partial charge in [-0.05, 0) is 25.2 Å². The summed E-state index contributed by atoms with van der Waals surface area (Å²) in [5.74, 6) is 3.21. The zero-order valence-corrected chi connectivity index (χ0v) is 13.5. The van der Waals surface area contributed by atoms with Crippen molar-refractivity contribution >= 4 is 11.6 Å². The molecule has 0 spiro atoms. The lowest BCUT2D eigenvalue weighted by atomic mass is 9.83. The quantitative estimate of drug-likeness (QED) is 0.806. The smallest absolute Gasteiger partial charge is 0.158 e. The number of hydrogen-bond acceptors (Lipinski definition) is 5. The number of rotatable bonds is 7. The van der Waals surface area contributed by atoms with Crippen LogP contribution in [-0.4, -0.2) is 30.2 Å². The predicted molar refractivity (Wildman–Crippen MR) is 86.6 cm³/mol. The lowest BCUT2D eigenvalue weighted by Gasteiger charge is -2.30. The summed E-state index contributed by atoms with van der Waals surface area (Å²) in [5, 5.41) is 6.72. The van der Waals surface area contributed by atoms with Crippen molar-refractivity contribution in [1.82, 2.24) is 9.97 Å². The molecule has 1 fully saturated rings. The number of hydrogen-bond donors (Lipinski definition) is 2. The van der Waals surface area contributed by atoms with Gasteiger partial charge in [0, 0.05) is 26.3 Å². The molecule has 1 heterocycles. The first-order valence-corrected chi connectivity index (χ1v) is 8.08. The van der Waals surface area contributed by atoms with Crippen LogP contribution in [0.15, 0.2) is 6.07 Å². The zero-order valence-electron chi connectivity index (χ0n) is 13.5. The van der Waals surface area contributed by atoms with E-state index >= 15 is 0 Å². The van der Waals surface area contributed by atoms with Crippen LogP contribution >= 0.6 is 0 Å². The van der Waals surface area contributed by atoms with Crippen LogP contribution in [0, 0.1) is 5.92 Å². The Morgan fingerprint density at radius 1 is 1.24 bits per heavy atom. The summed E-state index contributed by atoms with van der Waals surface area (Å²) in [6.07, 6.45) is 7.92. The molecule has 0 bridgehead atoms. The van der Waals surface area contributed by atoms with E-state index in [0.717, 1.165) is 24.0 Å². The normalized spacial score (nSPS) is 17.5. The highest BCUT2D eigenvalue weighted by Crippen LogP contribution is 2.29. The van der Waals surface area contributed by atoms with Crippen molar-refractivity contribution in [3.05, 3.63) is 11.9 Å². The fourth-order valence-electron chi connectivity index (χ4n) is 3.17. The second-order valence-electron chi connectivity index (χ2n) is 5.79. The van der Waals surface area contributed by atoms with Gasteiger partial charge in [-0.1, -0.05) is 26.2 Å². The molecule has 1 atom stereocenters. The van der Waals surface area contributed by atoms with Gasteiger partial charge in [0.1, 0.15) is 18.2 Å². The largest absolute Gasteiger partial charge is 0.377 e. The van der Waals surface area contributed by atoms with Gasteiger partial charge in [-0.3, -0.25) is 0 Å². The Kier molecular flexibility index (Phi) is 6.23. The van der Waals surface area contributed by atoms with Gasteiger partial charge in [0.05, 0.1) is 0 Å². The molecular formula is C16H28N4O. The average molecular weight is 292 g/mol. The minimum absolute atomic E-state index is 0.435. The van der Waals surface area contributed by atoms with Crippen molar-refractivity contribution in [2.45, 2.75) is 58.1 Å².